The van der Waals surface area contributed by atoms with Crippen molar-refractivity contribution in [3.8, 4) is 5.88 Å². The highest BCUT2D eigenvalue weighted by molar-refractivity contribution is 5.72. The third kappa shape index (κ3) is 4.10. The van der Waals surface area contributed by atoms with Gasteiger partial charge in [-0.1, -0.05) is 19.3 Å². The van der Waals surface area contributed by atoms with Crippen LogP contribution in [0, 0.1) is 0 Å². The van der Waals surface area contributed by atoms with Crippen LogP contribution in [0.1, 0.15) is 63.8 Å². The Morgan fingerprint density at radius 1 is 0.963 bits per heavy atom. The van der Waals surface area contributed by atoms with Gasteiger partial charge in [0.1, 0.15) is 0 Å². The van der Waals surface area contributed by atoms with Crippen molar-refractivity contribution < 1.29 is 13.6 Å². The predicted molar refractivity (Wildman–Crippen MR) is 99.3 cm³/mol. The molecule has 0 spiro atoms. The van der Waals surface area contributed by atoms with Crippen LogP contribution in [0.5, 0.6) is 5.88 Å². The summed E-state index contributed by atoms with van der Waals surface area (Å²) in [5.74, 6) is 0.248. The Morgan fingerprint density at radius 3 is 2.48 bits per heavy atom. The molecule has 1 aliphatic carbocycles. The van der Waals surface area contributed by atoms with Crippen molar-refractivity contribution in [1.29, 1.82) is 0 Å². The van der Waals surface area contributed by atoms with Crippen molar-refractivity contribution in [3.05, 3.63) is 20.8 Å². The van der Waals surface area contributed by atoms with Gasteiger partial charge in [0, 0.05) is 0 Å². The maximum Gasteiger partial charge on any atom is 0.424 e. The number of ether oxygens (including phenoxy) is 1. The minimum absolute atomic E-state index is 0.143. The van der Waals surface area contributed by atoms with E-state index in [-0.39, 0.29) is 23.2 Å². The number of aromatic nitrogens is 2. The second-order valence-electron chi connectivity index (χ2n) is 7.56. The monoisotopic (exact) mass is 377 g/mol. The molecule has 0 amide bonds. The van der Waals surface area contributed by atoms with E-state index in [2.05, 4.69) is 10.00 Å². The van der Waals surface area contributed by atoms with Crippen LogP contribution in [0.3, 0.4) is 0 Å². The quantitative estimate of drug-likeness (QED) is 0.541. The summed E-state index contributed by atoms with van der Waals surface area (Å²) in [7, 11) is 0. The fraction of sp³-hybridized carbons (Fsp3) is 0.737. The molecule has 0 bridgehead atoms. The summed E-state index contributed by atoms with van der Waals surface area (Å²) in [5.41, 5.74) is -1.68. The van der Waals surface area contributed by atoms with Gasteiger partial charge in [0.05, 0.1) is 12.6 Å². The van der Waals surface area contributed by atoms with Crippen molar-refractivity contribution in [2.45, 2.75) is 63.8 Å². The van der Waals surface area contributed by atoms with Crippen LogP contribution in [0.4, 0.5) is 0 Å². The first kappa shape index (κ1) is 18.3. The fourth-order valence-corrected chi connectivity index (χ4v) is 4.11. The van der Waals surface area contributed by atoms with Crippen LogP contribution >= 0.6 is 0 Å². The highest BCUT2D eigenvalue weighted by Crippen LogP contribution is 2.33. The molecule has 2 aromatic heterocycles. The minimum Gasteiger partial charge on any atom is -0.474 e. The Morgan fingerprint density at radius 2 is 1.70 bits per heavy atom. The average molecular weight is 377 g/mol. The summed E-state index contributed by atoms with van der Waals surface area (Å²) in [6, 6.07) is 0.143. The molecule has 1 saturated heterocycles. The van der Waals surface area contributed by atoms with Gasteiger partial charge < -0.3 is 18.5 Å². The van der Waals surface area contributed by atoms with Crippen LogP contribution in [-0.2, 0) is 0 Å². The van der Waals surface area contributed by atoms with E-state index in [9.17, 15) is 9.59 Å². The van der Waals surface area contributed by atoms with E-state index in [0.29, 0.717) is 6.61 Å². The van der Waals surface area contributed by atoms with Gasteiger partial charge in [-0.2, -0.15) is 0 Å². The van der Waals surface area contributed by atoms with E-state index in [4.69, 9.17) is 13.6 Å². The third-order valence-corrected chi connectivity index (χ3v) is 5.57. The lowest BCUT2D eigenvalue weighted by Gasteiger charge is -2.21. The molecule has 0 aromatic carbocycles. The van der Waals surface area contributed by atoms with Gasteiger partial charge in [-0.05, 0) is 58.2 Å². The molecule has 2 fully saturated rings. The van der Waals surface area contributed by atoms with E-state index in [0.717, 1.165) is 45.1 Å². The molecule has 0 atom stereocenters. The van der Waals surface area contributed by atoms with Crippen LogP contribution in [-0.4, -0.2) is 40.9 Å². The van der Waals surface area contributed by atoms with Crippen molar-refractivity contribution in [2.75, 3.05) is 26.2 Å². The van der Waals surface area contributed by atoms with Crippen molar-refractivity contribution in [2.24, 2.45) is 0 Å². The summed E-state index contributed by atoms with van der Waals surface area (Å²) < 4.78 is 17.8. The lowest BCUT2D eigenvalue weighted by Crippen LogP contribution is -2.22. The van der Waals surface area contributed by atoms with Crippen molar-refractivity contribution in [3.63, 3.8) is 0 Å². The largest absolute Gasteiger partial charge is 0.474 e. The molecule has 0 unspecified atom stereocenters. The van der Waals surface area contributed by atoms with Gasteiger partial charge in [-0.15, -0.1) is 5.10 Å². The van der Waals surface area contributed by atoms with E-state index in [1.54, 1.807) is 4.68 Å². The van der Waals surface area contributed by atoms with Gasteiger partial charge >= 0.3 is 11.3 Å². The normalized spacial score (nSPS) is 19.1. The molecule has 27 heavy (non-hydrogen) atoms. The molecule has 1 saturated carbocycles. The van der Waals surface area contributed by atoms with Gasteiger partial charge in [0.25, 0.3) is 17.2 Å². The Labute approximate surface area is 157 Å². The lowest BCUT2D eigenvalue weighted by atomic mass is 9.96. The van der Waals surface area contributed by atoms with Crippen LogP contribution < -0.4 is 16.0 Å². The zero-order chi connectivity index (χ0) is 18.6. The highest BCUT2D eigenvalue weighted by atomic mass is 16.5. The van der Waals surface area contributed by atoms with Gasteiger partial charge in [0.2, 0.25) is 0 Å². The van der Waals surface area contributed by atoms with Crippen LogP contribution in [0.15, 0.2) is 18.4 Å². The predicted octanol–water partition coefficient (Wildman–Crippen LogP) is 2.70. The molecule has 0 N–H and O–H groups in total. The van der Waals surface area contributed by atoms with Crippen LogP contribution in [0.25, 0.3) is 11.3 Å². The first-order valence-electron chi connectivity index (χ1n) is 10.1. The summed E-state index contributed by atoms with van der Waals surface area (Å²) in [6.07, 6.45) is 9.91. The SMILES string of the molecule is O=c1oc2c(OCCCCN3CCCC3)nn(C3CCCCC3)c2oc1=O. The number of hydrogen-bond donors (Lipinski definition) is 0. The molecule has 2 aliphatic rings. The zero-order valence-electron chi connectivity index (χ0n) is 15.7. The molecule has 8 nitrogen and oxygen atoms in total. The van der Waals surface area contributed by atoms with E-state index < -0.39 is 11.3 Å². The maximum atomic E-state index is 11.6. The first-order chi connectivity index (χ1) is 13.2. The van der Waals surface area contributed by atoms with Gasteiger partial charge in [0.15, 0.2) is 0 Å². The standard InChI is InChI=1S/C19H27N3O5/c23-18-19(24)27-17-15(26-18)16(20-22(17)14-8-2-1-3-9-14)25-13-7-6-12-21-10-4-5-11-21/h14H,1-13H2. The Balaban J connectivity index is 1.46. The summed E-state index contributed by atoms with van der Waals surface area (Å²) in [6.45, 7) is 3.97. The molecule has 2 aromatic rings. The van der Waals surface area contributed by atoms with Crippen molar-refractivity contribution >= 4 is 11.3 Å². The average Bonchev–Trinajstić information content (AvgIpc) is 3.31. The van der Waals surface area contributed by atoms with E-state index >= 15 is 0 Å². The van der Waals surface area contributed by atoms with Crippen molar-refractivity contribution in [1.82, 2.24) is 14.7 Å². The zero-order valence-corrected chi connectivity index (χ0v) is 15.7. The van der Waals surface area contributed by atoms with E-state index in [1.165, 1.54) is 32.4 Å². The number of unbranched alkanes of at least 4 members (excludes halogenated alkanes) is 1. The van der Waals surface area contributed by atoms with Gasteiger partial charge in [-0.25, -0.2) is 14.3 Å². The minimum atomic E-state index is -1.02. The topological polar surface area (TPSA) is 90.7 Å². The smallest absolute Gasteiger partial charge is 0.424 e. The molecule has 8 heteroatoms. The number of likely N-dealkylation sites (tertiary alicyclic amines) is 1. The summed E-state index contributed by atoms with van der Waals surface area (Å²) >= 11 is 0. The number of hydrogen-bond acceptors (Lipinski definition) is 7. The number of nitrogens with zero attached hydrogens (tertiary/aromatic N) is 3. The maximum absolute atomic E-state index is 11.6. The number of fused-ring (bicyclic) bond motifs is 1. The van der Waals surface area contributed by atoms with Gasteiger partial charge in [-0.3, -0.25) is 0 Å². The molecular weight excluding hydrogens is 350 g/mol. The first-order valence-corrected chi connectivity index (χ1v) is 10.1. The lowest BCUT2D eigenvalue weighted by molar-refractivity contribution is 0.263. The molecule has 4 rings (SSSR count). The Bertz CT molecular complexity index is 872. The van der Waals surface area contributed by atoms with E-state index in [1.807, 2.05) is 0 Å². The Hall–Kier alpha value is -2.09. The highest BCUT2D eigenvalue weighted by Gasteiger charge is 2.25. The molecule has 3 heterocycles. The second-order valence-corrected chi connectivity index (χ2v) is 7.56. The second kappa shape index (κ2) is 8.29. The molecular formula is C19H27N3O5. The Kier molecular flexibility index (Phi) is 5.61. The molecule has 0 radical (unpaired) electrons. The number of rotatable bonds is 7. The molecule has 148 valence electrons. The summed E-state index contributed by atoms with van der Waals surface area (Å²) in [4.78, 5) is 25.7. The molecule has 1 aliphatic heterocycles. The fourth-order valence-electron chi connectivity index (χ4n) is 4.11. The van der Waals surface area contributed by atoms with Crippen LogP contribution in [0.2, 0.25) is 0 Å². The summed E-state index contributed by atoms with van der Waals surface area (Å²) in [5, 5.41) is 4.49. The third-order valence-electron chi connectivity index (χ3n) is 5.57.